The van der Waals surface area contributed by atoms with Crippen molar-refractivity contribution in [2.75, 3.05) is 13.2 Å². The molecule has 1 fully saturated rings. The summed E-state index contributed by atoms with van der Waals surface area (Å²) in [5.41, 5.74) is 0.130. The molecule has 0 aromatic carbocycles. The molecule has 2 aliphatic rings. The van der Waals surface area contributed by atoms with Gasteiger partial charge in [-0.25, -0.2) is 0 Å². The number of hydrogen-bond acceptors (Lipinski definition) is 9. The van der Waals surface area contributed by atoms with Gasteiger partial charge in [-0.1, -0.05) is 6.08 Å². The van der Waals surface area contributed by atoms with E-state index in [0.717, 1.165) is 0 Å². The van der Waals surface area contributed by atoms with Gasteiger partial charge in [0.1, 0.15) is 24.4 Å². The molecule has 0 aliphatic heterocycles. The Morgan fingerprint density at radius 2 is 1.52 bits per heavy atom. The molecule has 1 saturated carbocycles. The van der Waals surface area contributed by atoms with Crippen LogP contribution in [0.2, 0.25) is 0 Å². The van der Waals surface area contributed by atoms with Gasteiger partial charge in [-0.15, -0.1) is 0 Å². The first-order valence-electron chi connectivity index (χ1n) is 7.58. The zero-order chi connectivity index (χ0) is 17.3. The third kappa shape index (κ3) is 3.58. The van der Waals surface area contributed by atoms with Crippen molar-refractivity contribution >= 4 is 0 Å². The van der Waals surface area contributed by atoms with E-state index in [1.807, 2.05) is 0 Å². The standard InChI is InChI=1S/C14H25NO8/c16-3-5-1-7(11(20)13(22)9(5)18)15-8-2-6(4-17)10(19)14(23)12(8)21/h1,6-23H,2-4H2/t6-,7+,8-,9+,10-,11-,12+,13-,14+/m1/s1. The maximum absolute atomic E-state index is 10.1. The Balaban J connectivity index is 2.15. The molecule has 0 aromatic heterocycles. The van der Waals surface area contributed by atoms with Crippen LogP contribution in [-0.2, 0) is 0 Å². The lowest BCUT2D eigenvalue weighted by molar-refractivity contribution is -0.135. The smallest absolute Gasteiger partial charge is 0.111 e. The van der Waals surface area contributed by atoms with E-state index in [9.17, 15) is 40.9 Å². The van der Waals surface area contributed by atoms with E-state index in [1.165, 1.54) is 6.08 Å². The molecular formula is C14H25NO8. The van der Waals surface area contributed by atoms with Gasteiger partial charge in [-0.3, -0.25) is 0 Å². The Hall–Kier alpha value is -0.620. The van der Waals surface area contributed by atoms with Crippen molar-refractivity contribution in [3.8, 4) is 0 Å². The van der Waals surface area contributed by atoms with Crippen LogP contribution in [0, 0.1) is 5.92 Å². The summed E-state index contributed by atoms with van der Waals surface area (Å²) in [4.78, 5) is 0. The molecule has 2 aliphatic carbocycles. The van der Waals surface area contributed by atoms with Crippen molar-refractivity contribution in [3.05, 3.63) is 11.6 Å². The van der Waals surface area contributed by atoms with Gasteiger partial charge in [0.2, 0.25) is 0 Å². The lowest BCUT2D eigenvalue weighted by Gasteiger charge is -2.43. The highest BCUT2D eigenvalue weighted by Crippen LogP contribution is 2.28. The molecule has 0 amide bonds. The normalized spacial score (nSPS) is 48.2. The van der Waals surface area contributed by atoms with E-state index >= 15 is 0 Å². The maximum atomic E-state index is 10.1. The Morgan fingerprint density at radius 3 is 2.09 bits per heavy atom. The Labute approximate surface area is 133 Å². The molecule has 0 heterocycles. The zero-order valence-electron chi connectivity index (χ0n) is 12.5. The van der Waals surface area contributed by atoms with Crippen LogP contribution >= 0.6 is 0 Å². The van der Waals surface area contributed by atoms with E-state index in [1.54, 1.807) is 0 Å². The highest BCUT2D eigenvalue weighted by Gasteiger charge is 2.45. The molecule has 2 rings (SSSR count). The van der Waals surface area contributed by atoms with Gasteiger partial charge < -0.3 is 46.2 Å². The monoisotopic (exact) mass is 335 g/mol. The van der Waals surface area contributed by atoms with Crippen LogP contribution in [0.25, 0.3) is 0 Å². The molecule has 0 bridgehead atoms. The topological polar surface area (TPSA) is 174 Å². The van der Waals surface area contributed by atoms with Crippen LogP contribution in [0.4, 0.5) is 0 Å². The van der Waals surface area contributed by atoms with Crippen LogP contribution in [0.3, 0.4) is 0 Å². The number of aliphatic hydroxyl groups excluding tert-OH is 8. The average molecular weight is 335 g/mol. The van der Waals surface area contributed by atoms with E-state index in [2.05, 4.69) is 5.32 Å². The summed E-state index contributed by atoms with van der Waals surface area (Å²) < 4.78 is 0. The first-order chi connectivity index (χ1) is 10.8. The minimum Gasteiger partial charge on any atom is -0.396 e. The van der Waals surface area contributed by atoms with Crippen molar-refractivity contribution in [2.45, 2.75) is 55.1 Å². The first-order valence-corrected chi connectivity index (χ1v) is 7.58. The number of nitrogens with one attached hydrogen (secondary N) is 1. The highest BCUT2D eigenvalue weighted by atomic mass is 16.4. The number of rotatable bonds is 4. The lowest BCUT2D eigenvalue weighted by atomic mass is 9.78. The van der Waals surface area contributed by atoms with Gasteiger partial charge in [0.05, 0.1) is 24.9 Å². The molecule has 9 nitrogen and oxygen atoms in total. The van der Waals surface area contributed by atoms with Crippen LogP contribution in [0.15, 0.2) is 11.6 Å². The first kappa shape index (κ1) is 18.7. The zero-order valence-corrected chi connectivity index (χ0v) is 12.5. The fourth-order valence-corrected chi connectivity index (χ4v) is 3.26. The van der Waals surface area contributed by atoms with Gasteiger partial charge in [0.25, 0.3) is 0 Å². The summed E-state index contributed by atoms with van der Waals surface area (Å²) in [6.07, 6.45) is -6.85. The minimum atomic E-state index is -1.51. The molecule has 134 valence electrons. The van der Waals surface area contributed by atoms with Crippen molar-refractivity contribution in [2.24, 2.45) is 5.92 Å². The molecule has 9 N–H and O–H groups in total. The Kier molecular flexibility index (Phi) is 6.11. The molecule has 0 saturated heterocycles. The van der Waals surface area contributed by atoms with Gasteiger partial charge in [-0.05, 0) is 12.0 Å². The SMILES string of the molecule is OCC1=C[C@H](N[C@@H]2C[C@H](CO)[C@@H](O)[C@H](O)[C@H]2O)[C@@H](O)[C@H](O)[C@H]1O. The summed E-state index contributed by atoms with van der Waals surface area (Å²) in [6, 6.07) is -1.64. The largest absolute Gasteiger partial charge is 0.396 e. The Bertz CT molecular complexity index is 431. The minimum absolute atomic E-state index is 0.130. The fourth-order valence-electron chi connectivity index (χ4n) is 3.26. The van der Waals surface area contributed by atoms with Crippen LogP contribution in [-0.4, -0.2) is 103 Å². The molecule has 0 radical (unpaired) electrons. The quantitative estimate of drug-likeness (QED) is 0.229. The second-order valence-electron chi connectivity index (χ2n) is 6.27. The summed E-state index contributed by atoms with van der Waals surface area (Å²) >= 11 is 0. The molecule has 0 unspecified atom stereocenters. The van der Waals surface area contributed by atoms with Crippen LogP contribution in [0.1, 0.15) is 6.42 Å². The summed E-state index contributed by atoms with van der Waals surface area (Å²) in [6.45, 7) is -0.883. The van der Waals surface area contributed by atoms with Crippen LogP contribution < -0.4 is 5.32 Å². The van der Waals surface area contributed by atoms with E-state index in [-0.39, 0.29) is 18.6 Å². The molecule has 23 heavy (non-hydrogen) atoms. The maximum Gasteiger partial charge on any atom is 0.111 e. The predicted molar refractivity (Wildman–Crippen MR) is 77.1 cm³/mol. The van der Waals surface area contributed by atoms with Crippen LogP contribution in [0.5, 0.6) is 0 Å². The van der Waals surface area contributed by atoms with E-state index in [0.29, 0.717) is 0 Å². The van der Waals surface area contributed by atoms with Crippen molar-refractivity contribution in [3.63, 3.8) is 0 Å². The van der Waals surface area contributed by atoms with Crippen molar-refractivity contribution < 1.29 is 40.9 Å². The number of aliphatic hydroxyl groups is 8. The van der Waals surface area contributed by atoms with Gasteiger partial charge >= 0.3 is 0 Å². The van der Waals surface area contributed by atoms with E-state index < -0.39 is 61.2 Å². The van der Waals surface area contributed by atoms with Crippen molar-refractivity contribution in [1.29, 1.82) is 0 Å². The third-order valence-electron chi connectivity index (χ3n) is 4.79. The van der Waals surface area contributed by atoms with Crippen molar-refractivity contribution in [1.82, 2.24) is 5.32 Å². The molecule has 0 aromatic rings. The summed E-state index contributed by atoms with van der Waals surface area (Å²) in [7, 11) is 0. The second kappa shape index (κ2) is 7.51. The molecule has 9 heteroatoms. The van der Waals surface area contributed by atoms with E-state index in [4.69, 9.17) is 0 Å². The molecule has 9 atom stereocenters. The van der Waals surface area contributed by atoms with Gasteiger partial charge in [0, 0.05) is 18.6 Å². The van der Waals surface area contributed by atoms with Gasteiger partial charge in [0.15, 0.2) is 0 Å². The molecule has 0 spiro atoms. The summed E-state index contributed by atoms with van der Waals surface area (Å²) in [5, 5.41) is 80.6. The second-order valence-corrected chi connectivity index (χ2v) is 6.27. The predicted octanol–water partition coefficient (Wildman–Crippen LogP) is -4.58. The fraction of sp³-hybridized carbons (Fsp3) is 0.857. The molecular weight excluding hydrogens is 310 g/mol. The average Bonchev–Trinajstić information content (AvgIpc) is 2.55. The lowest BCUT2D eigenvalue weighted by Crippen LogP contribution is -2.63. The van der Waals surface area contributed by atoms with Gasteiger partial charge in [-0.2, -0.15) is 0 Å². The highest BCUT2D eigenvalue weighted by molar-refractivity contribution is 5.22. The Morgan fingerprint density at radius 1 is 0.870 bits per heavy atom. The summed E-state index contributed by atoms with van der Waals surface area (Å²) in [5.74, 6) is -0.650. The number of hydrogen-bond donors (Lipinski definition) is 9. The third-order valence-corrected chi connectivity index (χ3v) is 4.79.